The van der Waals surface area contributed by atoms with E-state index in [2.05, 4.69) is 4.98 Å². The molecule has 1 aliphatic heterocycles. The van der Waals surface area contributed by atoms with Crippen LogP contribution in [0.3, 0.4) is 0 Å². The topological polar surface area (TPSA) is 111 Å². The number of hydrogen-bond donors (Lipinski definition) is 3. The lowest BCUT2D eigenvalue weighted by molar-refractivity contribution is -0.0458. The first-order valence-corrected chi connectivity index (χ1v) is 6.91. The summed E-state index contributed by atoms with van der Waals surface area (Å²) in [5.41, 5.74) is 5.70. The maximum Gasteiger partial charge on any atom is 0.351 e. The van der Waals surface area contributed by atoms with Crippen molar-refractivity contribution in [2.24, 2.45) is 0 Å². The Bertz CT molecular complexity index is 545. The Morgan fingerprint density at radius 2 is 2.42 bits per heavy atom. The fourth-order valence-corrected chi connectivity index (χ4v) is 2.34. The van der Waals surface area contributed by atoms with Gasteiger partial charge >= 0.3 is 5.69 Å². The molecule has 8 heteroatoms. The number of aliphatic hydroxyl groups excluding tert-OH is 2. The third-order valence-electron chi connectivity index (χ3n) is 2.95. The van der Waals surface area contributed by atoms with Crippen molar-refractivity contribution in [3.05, 3.63) is 26.3 Å². The summed E-state index contributed by atoms with van der Waals surface area (Å²) in [5, 5.41) is 18.7. The molecular formula is C11H14IN3O4. The van der Waals surface area contributed by atoms with Crippen LogP contribution >= 0.6 is 22.6 Å². The number of aromatic nitrogens is 2. The van der Waals surface area contributed by atoms with Crippen LogP contribution in [0.25, 0.3) is 6.08 Å². The monoisotopic (exact) mass is 379 g/mol. The number of hydrogen-bond acceptors (Lipinski definition) is 6. The van der Waals surface area contributed by atoms with E-state index in [-0.39, 0.29) is 18.8 Å². The molecule has 0 aliphatic carbocycles. The van der Waals surface area contributed by atoms with E-state index in [4.69, 9.17) is 15.6 Å². The highest BCUT2D eigenvalue weighted by atomic mass is 127. The lowest BCUT2D eigenvalue weighted by atomic mass is 10.2. The van der Waals surface area contributed by atoms with Crippen LogP contribution in [0.2, 0.25) is 0 Å². The predicted octanol–water partition coefficient (Wildman–Crippen LogP) is -0.128. The van der Waals surface area contributed by atoms with Crippen molar-refractivity contribution in [3.63, 3.8) is 0 Å². The molecule has 1 aromatic heterocycles. The Labute approximate surface area is 122 Å². The molecule has 19 heavy (non-hydrogen) atoms. The average Bonchev–Trinajstić information content (AvgIpc) is 2.74. The van der Waals surface area contributed by atoms with E-state index in [9.17, 15) is 9.90 Å². The van der Waals surface area contributed by atoms with Gasteiger partial charge in [0.05, 0.1) is 12.7 Å². The summed E-state index contributed by atoms with van der Waals surface area (Å²) in [6.45, 7) is -0.296. The highest BCUT2D eigenvalue weighted by Gasteiger charge is 2.35. The number of rotatable bonds is 3. The molecule has 1 fully saturated rings. The van der Waals surface area contributed by atoms with E-state index in [1.54, 1.807) is 10.2 Å². The number of nitrogens with zero attached hydrogens (tertiary/aromatic N) is 2. The van der Waals surface area contributed by atoms with Gasteiger partial charge in [0.1, 0.15) is 18.1 Å². The van der Waals surface area contributed by atoms with Gasteiger partial charge in [-0.15, -0.1) is 0 Å². The zero-order valence-electron chi connectivity index (χ0n) is 9.94. The number of aliphatic hydroxyl groups is 2. The highest BCUT2D eigenvalue weighted by Crippen LogP contribution is 2.27. The summed E-state index contributed by atoms with van der Waals surface area (Å²) < 4.78 is 8.45. The van der Waals surface area contributed by atoms with Gasteiger partial charge in [-0.3, -0.25) is 4.57 Å². The first-order valence-electron chi connectivity index (χ1n) is 5.66. The Kier molecular flexibility index (Phi) is 4.55. The number of nitrogens with two attached hydrogens (primary N) is 1. The van der Waals surface area contributed by atoms with Gasteiger partial charge in [0.25, 0.3) is 0 Å². The number of nitrogen functional groups attached to an aromatic ring is 1. The van der Waals surface area contributed by atoms with Crippen LogP contribution in [0.1, 0.15) is 18.2 Å². The quantitative estimate of drug-likeness (QED) is 0.632. The van der Waals surface area contributed by atoms with Gasteiger partial charge in [-0.1, -0.05) is 22.6 Å². The average molecular weight is 379 g/mol. The normalized spacial score (nSPS) is 27.2. The lowest BCUT2D eigenvalue weighted by Crippen LogP contribution is -2.28. The molecule has 2 heterocycles. The van der Waals surface area contributed by atoms with Crippen LogP contribution in [0.4, 0.5) is 5.82 Å². The molecule has 1 aliphatic rings. The minimum Gasteiger partial charge on any atom is -0.394 e. The van der Waals surface area contributed by atoms with E-state index in [1.807, 2.05) is 22.6 Å². The second-order valence-electron chi connectivity index (χ2n) is 4.18. The van der Waals surface area contributed by atoms with Crippen molar-refractivity contribution in [3.8, 4) is 0 Å². The SMILES string of the molecule is Nc1nc(=O)n([C@H]2C[C@H](O)[C@@H](CO)O2)cc1/C=C/I. The fraction of sp³-hybridized carbons (Fsp3) is 0.455. The summed E-state index contributed by atoms with van der Waals surface area (Å²) in [5.74, 6) is 0.145. The molecule has 0 radical (unpaired) electrons. The second kappa shape index (κ2) is 5.99. The van der Waals surface area contributed by atoms with Crippen molar-refractivity contribution in [2.75, 3.05) is 12.3 Å². The van der Waals surface area contributed by atoms with Gasteiger partial charge in [0.2, 0.25) is 0 Å². The number of anilines is 1. The van der Waals surface area contributed by atoms with Crippen LogP contribution in [-0.4, -0.2) is 38.6 Å². The summed E-state index contributed by atoms with van der Waals surface area (Å²) in [6, 6.07) is 0. The van der Waals surface area contributed by atoms with Gasteiger partial charge in [0, 0.05) is 18.2 Å². The van der Waals surface area contributed by atoms with Crippen molar-refractivity contribution < 1.29 is 14.9 Å². The molecular weight excluding hydrogens is 365 g/mol. The predicted molar refractivity (Wildman–Crippen MR) is 77.6 cm³/mol. The minimum atomic E-state index is -0.803. The van der Waals surface area contributed by atoms with Gasteiger partial charge in [-0.2, -0.15) is 4.98 Å². The van der Waals surface area contributed by atoms with Crippen molar-refractivity contribution >= 4 is 34.5 Å². The fourth-order valence-electron chi connectivity index (χ4n) is 1.95. The summed E-state index contributed by atoms with van der Waals surface area (Å²) in [4.78, 5) is 15.5. The molecule has 1 saturated heterocycles. The molecule has 2 rings (SSSR count). The van der Waals surface area contributed by atoms with Gasteiger partial charge in [0.15, 0.2) is 0 Å². The third kappa shape index (κ3) is 2.96. The highest BCUT2D eigenvalue weighted by molar-refractivity contribution is 14.1. The number of halogens is 1. The lowest BCUT2D eigenvalue weighted by Gasteiger charge is -2.15. The van der Waals surface area contributed by atoms with Crippen molar-refractivity contribution in [1.29, 1.82) is 0 Å². The first-order chi connectivity index (χ1) is 9.06. The number of ether oxygens (including phenoxy) is 1. The van der Waals surface area contributed by atoms with Crippen LogP contribution in [0.5, 0.6) is 0 Å². The van der Waals surface area contributed by atoms with E-state index in [1.165, 1.54) is 10.8 Å². The maximum absolute atomic E-state index is 11.8. The van der Waals surface area contributed by atoms with E-state index >= 15 is 0 Å². The smallest absolute Gasteiger partial charge is 0.351 e. The van der Waals surface area contributed by atoms with Crippen LogP contribution < -0.4 is 11.4 Å². The summed E-state index contributed by atoms with van der Waals surface area (Å²) >= 11 is 2.03. The van der Waals surface area contributed by atoms with E-state index in [0.29, 0.717) is 5.56 Å². The molecule has 1 aromatic rings. The molecule has 0 saturated carbocycles. The van der Waals surface area contributed by atoms with Gasteiger partial charge in [-0.25, -0.2) is 4.79 Å². The molecule has 0 amide bonds. The Balaban J connectivity index is 2.35. The molecule has 7 nitrogen and oxygen atoms in total. The van der Waals surface area contributed by atoms with Crippen molar-refractivity contribution in [1.82, 2.24) is 9.55 Å². The molecule has 0 aromatic carbocycles. The van der Waals surface area contributed by atoms with Crippen molar-refractivity contribution in [2.45, 2.75) is 24.9 Å². The van der Waals surface area contributed by atoms with Gasteiger partial charge < -0.3 is 20.7 Å². The largest absolute Gasteiger partial charge is 0.394 e. The van der Waals surface area contributed by atoms with Gasteiger partial charge in [-0.05, 0) is 10.2 Å². The maximum atomic E-state index is 11.8. The third-order valence-corrected chi connectivity index (χ3v) is 3.31. The summed E-state index contributed by atoms with van der Waals surface area (Å²) in [6.07, 6.45) is 1.35. The molecule has 0 spiro atoms. The molecule has 0 unspecified atom stereocenters. The molecule has 4 N–H and O–H groups in total. The molecule has 104 valence electrons. The second-order valence-corrected chi connectivity index (χ2v) is 4.90. The standard InChI is InChI=1S/C11H14IN3O4/c12-2-1-6-4-15(11(18)14-10(6)13)9-3-7(17)8(5-16)19-9/h1-2,4,7-9,16-17H,3,5H2,(H2,13,14,18)/b2-1+/t7-,8+,9+/m0/s1. The Morgan fingerprint density at radius 1 is 1.68 bits per heavy atom. The Morgan fingerprint density at radius 3 is 3.00 bits per heavy atom. The zero-order valence-corrected chi connectivity index (χ0v) is 12.1. The van der Waals surface area contributed by atoms with E-state index < -0.39 is 24.1 Å². The first kappa shape index (κ1) is 14.4. The zero-order chi connectivity index (χ0) is 14.0. The van der Waals surface area contributed by atoms with E-state index in [0.717, 1.165) is 0 Å². The van der Waals surface area contributed by atoms with Crippen LogP contribution in [-0.2, 0) is 4.74 Å². The van der Waals surface area contributed by atoms with Crippen LogP contribution in [0.15, 0.2) is 15.1 Å². The molecule has 0 bridgehead atoms. The van der Waals surface area contributed by atoms with Crippen LogP contribution in [0, 0.1) is 0 Å². The summed E-state index contributed by atoms with van der Waals surface area (Å²) in [7, 11) is 0. The minimum absolute atomic E-state index is 0.145. The Hall–Kier alpha value is -0.970. The molecule has 3 atom stereocenters.